The third kappa shape index (κ3) is 1.76. The van der Waals surface area contributed by atoms with Crippen molar-refractivity contribution in [3.8, 4) is 0 Å². The molecule has 0 saturated heterocycles. The molecule has 2 unspecified atom stereocenters. The van der Waals surface area contributed by atoms with Gasteiger partial charge in [0.25, 0.3) is 0 Å². The maximum Gasteiger partial charge on any atom is 0.171 e. The predicted octanol–water partition coefficient (Wildman–Crippen LogP) is 2.09. The molecule has 0 spiro atoms. The smallest absolute Gasteiger partial charge is 0.171 e. The first-order valence-corrected chi connectivity index (χ1v) is 5.76. The molecule has 2 N–H and O–H groups in total. The highest BCUT2D eigenvalue weighted by atomic mass is 16.1. The Labute approximate surface area is 96.1 Å². The van der Waals surface area contributed by atoms with E-state index in [0.717, 1.165) is 24.8 Å². The lowest BCUT2D eigenvalue weighted by atomic mass is 9.78. The second kappa shape index (κ2) is 3.98. The molecule has 0 aromatic carbocycles. The van der Waals surface area contributed by atoms with Crippen molar-refractivity contribution in [1.82, 2.24) is 4.98 Å². The fraction of sp³-hybridized carbons (Fsp3) is 0.538. The van der Waals surface area contributed by atoms with Crippen LogP contribution in [0.15, 0.2) is 18.5 Å². The standard InChI is InChI=1S/C13H18N2O/c1-9-6-10(8-15-7-9)12(16)13(2)5-3-4-11(13)14/h6-8,11H,3-5,14H2,1-2H3. The molecule has 1 aromatic heterocycles. The SMILES string of the molecule is Cc1cncc(C(=O)C2(C)CCCC2N)c1. The third-order valence-corrected chi connectivity index (χ3v) is 3.69. The summed E-state index contributed by atoms with van der Waals surface area (Å²) in [5, 5.41) is 0. The number of carbonyl (C=O) groups excluding carboxylic acids is 1. The normalized spacial score (nSPS) is 29.3. The fourth-order valence-electron chi connectivity index (χ4n) is 2.48. The first-order valence-electron chi connectivity index (χ1n) is 5.76. The maximum atomic E-state index is 12.4. The van der Waals surface area contributed by atoms with Crippen LogP contribution in [0, 0.1) is 12.3 Å². The van der Waals surface area contributed by atoms with Gasteiger partial charge in [-0.1, -0.05) is 13.3 Å². The van der Waals surface area contributed by atoms with E-state index in [1.807, 2.05) is 19.9 Å². The molecule has 1 fully saturated rings. The minimum atomic E-state index is -0.393. The van der Waals surface area contributed by atoms with Gasteiger partial charge in [-0.05, 0) is 31.4 Å². The molecule has 1 saturated carbocycles. The van der Waals surface area contributed by atoms with Gasteiger partial charge in [0.15, 0.2) is 5.78 Å². The Morgan fingerprint density at radius 2 is 2.31 bits per heavy atom. The number of pyridine rings is 1. The summed E-state index contributed by atoms with van der Waals surface area (Å²) < 4.78 is 0. The Bertz CT molecular complexity index is 416. The van der Waals surface area contributed by atoms with Crippen LogP contribution >= 0.6 is 0 Å². The summed E-state index contributed by atoms with van der Waals surface area (Å²) in [6.07, 6.45) is 6.28. The van der Waals surface area contributed by atoms with Crippen LogP contribution in [0.5, 0.6) is 0 Å². The highest BCUT2D eigenvalue weighted by molar-refractivity contribution is 6.00. The summed E-state index contributed by atoms with van der Waals surface area (Å²) in [7, 11) is 0. The van der Waals surface area contributed by atoms with Crippen LogP contribution in [0.4, 0.5) is 0 Å². The summed E-state index contributed by atoms with van der Waals surface area (Å²) in [5.74, 6) is 0.147. The molecule has 86 valence electrons. The van der Waals surface area contributed by atoms with Crippen molar-refractivity contribution in [2.45, 2.75) is 39.2 Å². The number of nitrogens with zero attached hydrogens (tertiary/aromatic N) is 1. The van der Waals surface area contributed by atoms with Crippen LogP contribution in [0.2, 0.25) is 0 Å². The van der Waals surface area contributed by atoms with E-state index in [1.54, 1.807) is 12.4 Å². The largest absolute Gasteiger partial charge is 0.327 e. The summed E-state index contributed by atoms with van der Waals surface area (Å²) >= 11 is 0. The molecular weight excluding hydrogens is 200 g/mol. The Balaban J connectivity index is 2.32. The number of rotatable bonds is 2. The van der Waals surface area contributed by atoms with Gasteiger partial charge in [-0.15, -0.1) is 0 Å². The number of aryl methyl sites for hydroxylation is 1. The van der Waals surface area contributed by atoms with Gasteiger partial charge in [-0.3, -0.25) is 9.78 Å². The molecule has 2 rings (SSSR count). The second-order valence-corrected chi connectivity index (χ2v) is 5.00. The summed E-state index contributed by atoms with van der Waals surface area (Å²) in [6.45, 7) is 3.93. The molecule has 0 bridgehead atoms. The fourth-order valence-corrected chi connectivity index (χ4v) is 2.48. The molecule has 0 aliphatic heterocycles. The van der Waals surface area contributed by atoms with Crippen LogP contribution < -0.4 is 5.73 Å². The van der Waals surface area contributed by atoms with Gasteiger partial charge in [0.2, 0.25) is 0 Å². The van der Waals surface area contributed by atoms with Crippen LogP contribution in [0.3, 0.4) is 0 Å². The Hall–Kier alpha value is -1.22. The lowest BCUT2D eigenvalue weighted by molar-refractivity contribution is 0.0802. The van der Waals surface area contributed by atoms with E-state index in [1.165, 1.54) is 0 Å². The number of carbonyl (C=O) groups is 1. The van der Waals surface area contributed by atoms with E-state index < -0.39 is 5.41 Å². The van der Waals surface area contributed by atoms with Crippen molar-refractivity contribution in [2.75, 3.05) is 0 Å². The molecule has 16 heavy (non-hydrogen) atoms. The van der Waals surface area contributed by atoms with Gasteiger partial charge >= 0.3 is 0 Å². The lowest BCUT2D eigenvalue weighted by Crippen LogP contribution is -2.41. The zero-order chi connectivity index (χ0) is 11.8. The Morgan fingerprint density at radius 3 is 2.88 bits per heavy atom. The molecule has 1 aliphatic carbocycles. The Morgan fingerprint density at radius 1 is 1.56 bits per heavy atom. The minimum Gasteiger partial charge on any atom is -0.327 e. The minimum absolute atomic E-state index is 0.0134. The molecule has 3 heteroatoms. The Kier molecular flexibility index (Phi) is 2.80. The van der Waals surface area contributed by atoms with Crippen LogP contribution in [0.25, 0.3) is 0 Å². The lowest BCUT2D eigenvalue weighted by Gasteiger charge is -2.27. The topological polar surface area (TPSA) is 56.0 Å². The van der Waals surface area contributed by atoms with Crippen molar-refractivity contribution >= 4 is 5.78 Å². The van der Waals surface area contributed by atoms with Crippen LogP contribution in [-0.2, 0) is 0 Å². The number of ketones is 1. The van der Waals surface area contributed by atoms with Crippen molar-refractivity contribution in [3.05, 3.63) is 29.6 Å². The van der Waals surface area contributed by atoms with E-state index in [4.69, 9.17) is 5.73 Å². The van der Waals surface area contributed by atoms with E-state index in [-0.39, 0.29) is 11.8 Å². The van der Waals surface area contributed by atoms with E-state index >= 15 is 0 Å². The number of hydrogen-bond acceptors (Lipinski definition) is 3. The number of nitrogens with two attached hydrogens (primary N) is 1. The van der Waals surface area contributed by atoms with Crippen molar-refractivity contribution in [2.24, 2.45) is 11.1 Å². The van der Waals surface area contributed by atoms with Crippen molar-refractivity contribution < 1.29 is 4.79 Å². The van der Waals surface area contributed by atoms with Gasteiger partial charge < -0.3 is 5.73 Å². The number of Topliss-reactive ketones (excluding diaryl/α,β-unsaturated/α-hetero) is 1. The summed E-state index contributed by atoms with van der Waals surface area (Å²) in [6, 6.07) is 1.88. The van der Waals surface area contributed by atoms with E-state index in [2.05, 4.69) is 4.98 Å². The molecular formula is C13H18N2O. The third-order valence-electron chi connectivity index (χ3n) is 3.69. The molecule has 1 aliphatic rings. The highest BCUT2D eigenvalue weighted by Gasteiger charge is 2.43. The average molecular weight is 218 g/mol. The summed E-state index contributed by atoms with van der Waals surface area (Å²) in [4.78, 5) is 16.5. The molecule has 1 aromatic rings. The zero-order valence-electron chi connectivity index (χ0n) is 9.86. The first-order chi connectivity index (χ1) is 7.54. The number of aromatic nitrogens is 1. The summed E-state index contributed by atoms with van der Waals surface area (Å²) in [5.41, 5.74) is 7.36. The average Bonchev–Trinajstić information content (AvgIpc) is 2.59. The van der Waals surface area contributed by atoms with Crippen LogP contribution in [0.1, 0.15) is 42.1 Å². The number of hydrogen-bond donors (Lipinski definition) is 1. The van der Waals surface area contributed by atoms with Crippen molar-refractivity contribution in [1.29, 1.82) is 0 Å². The predicted molar refractivity (Wildman–Crippen MR) is 63.2 cm³/mol. The molecule has 0 radical (unpaired) electrons. The van der Waals surface area contributed by atoms with Gasteiger partial charge in [0, 0.05) is 29.4 Å². The zero-order valence-corrected chi connectivity index (χ0v) is 9.86. The van der Waals surface area contributed by atoms with E-state index in [0.29, 0.717) is 5.56 Å². The van der Waals surface area contributed by atoms with E-state index in [9.17, 15) is 4.79 Å². The van der Waals surface area contributed by atoms with Gasteiger partial charge in [0.05, 0.1) is 0 Å². The molecule has 3 nitrogen and oxygen atoms in total. The molecule has 2 atom stereocenters. The van der Waals surface area contributed by atoms with Gasteiger partial charge in [-0.25, -0.2) is 0 Å². The monoisotopic (exact) mass is 218 g/mol. The quantitative estimate of drug-likeness (QED) is 0.773. The molecule has 0 amide bonds. The van der Waals surface area contributed by atoms with Crippen molar-refractivity contribution in [3.63, 3.8) is 0 Å². The maximum absolute atomic E-state index is 12.4. The first kappa shape index (κ1) is 11.3. The van der Waals surface area contributed by atoms with Gasteiger partial charge in [0.1, 0.15) is 0 Å². The second-order valence-electron chi connectivity index (χ2n) is 5.00. The molecule has 1 heterocycles. The highest BCUT2D eigenvalue weighted by Crippen LogP contribution is 2.39. The van der Waals surface area contributed by atoms with Gasteiger partial charge in [-0.2, -0.15) is 0 Å². The van der Waals surface area contributed by atoms with Crippen LogP contribution in [-0.4, -0.2) is 16.8 Å².